The number of amides is 1. The second kappa shape index (κ2) is 10.8. The summed E-state index contributed by atoms with van der Waals surface area (Å²) in [5.74, 6) is 0.401. The number of hydrogen-bond donors (Lipinski definition) is 1. The zero-order valence-corrected chi connectivity index (χ0v) is 21.6. The van der Waals surface area contributed by atoms with Gasteiger partial charge in [0.15, 0.2) is 0 Å². The van der Waals surface area contributed by atoms with E-state index in [4.69, 9.17) is 14.2 Å². The predicted octanol–water partition coefficient (Wildman–Crippen LogP) is 5.42. The zero-order chi connectivity index (χ0) is 26.7. The first-order valence-electron chi connectivity index (χ1n) is 12.1. The Labute approximate surface area is 216 Å². The molecule has 1 amide bonds. The second-order valence-corrected chi connectivity index (χ2v) is 9.20. The van der Waals surface area contributed by atoms with Crippen molar-refractivity contribution in [1.29, 1.82) is 0 Å². The maximum Gasteiger partial charge on any atom is 0.295 e. The van der Waals surface area contributed by atoms with Crippen LogP contribution in [0.5, 0.6) is 17.2 Å². The summed E-state index contributed by atoms with van der Waals surface area (Å²) in [6.07, 6.45) is 0.0420. The maximum absolute atomic E-state index is 13.3. The highest BCUT2D eigenvalue weighted by atomic mass is 16.5. The predicted molar refractivity (Wildman–Crippen MR) is 141 cm³/mol. The number of aliphatic hydroxyl groups is 1. The molecule has 0 aromatic heterocycles. The molecule has 192 valence electrons. The van der Waals surface area contributed by atoms with Crippen LogP contribution in [-0.2, 0) is 16.1 Å². The molecule has 1 aliphatic heterocycles. The van der Waals surface area contributed by atoms with Crippen LogP contribution in [0.2, 0.25) is 0 Å². The first kappa shape index (κ1) is 25.8. The fourth-order valence-corrected chi connectivity index (χ4v) is 4.50. The number of rotatable bonds is 8. The molecule has 4 rings (SSSR count). The molecule has 0 saturated carbocycles. The SMILES string of the molecule is COc1ccc(C2/C(=C(/O)c3ccc(OC)c(C)c3)C(=O)C(=O)N2Cc2ccc(OC(C)C)cc2)cc1. The van der Waals surface area contributed by atoms with Crippen LogP contribution < -0.4 is 14.2 Å². The van der Waals surface area contributed by atoms with Crippen LogP contribution in [0.1, 0.15) is 42.1 Å². The molecule has 0 aliphatic carbocycles. The van der Waals surface area contributed by atoms with Crippen molar-refractivity contribution in [2.24, 2.45) is 0 Å². The minimum atomic E-state index is -0.778. The Hall–Kier alpha value is -4.26. The van der Waals surface area contributed by atoms with Crippen molar-refractivity contribution in [2.45, 2.75) is 39.5 Å². The third-order valence-electron chi connectivity index (χ3n) is 6.29. The van der Waals surface area contributed by atoms with Crippen molar-refractivity contribution in [3.8, 4) is 17.2 Å². The number of ketones is 1. The topological polar surface area (TPSA) is 85.3 Å². The average molecular weight is 502 g/mol. The van der Waals surface area contributed by atoms with E-state index in [1.165, 1.54) is 4.90 Å². The first-order valence-corrected chi connectivity index (χ1v) is 12.1. The van der Waals surface area contributed by atoms with E-state index in [-0.39, 0.29) is 24.0 Å². The Kier molecular flexibility index (Phi) is 7.53. The van der Waals surface area contributed by atoms with Crippen molar-refractivity contribution < 1.29 is 28.9 Å². The summed E-state index contributed by atoms with van der Waals surface area (Å²) in [5.41, 5.74) is 2.79. The molecule has 1 atom stereocenters. The fraction of sp³-hybridized carbons (Fsp3) is 0.267. The summed E-state index contributed by atoms with van der Waals surface area (Å²) in [5, 5.41) is 11.3. The van der Waals surface area contributed by atoms with Gasteiger partial charge in [-0.25, -0.2) is 0 Å². The van der Waals surface area contributed by atoms with Crippen LogP contribution in [0.15, 0.2) is 72.3 Å². The van der Waals surface area contributed by atoms with Crippen molar-refractivity contribution in [2.75, 3.05) is 14.2 Å². The van der Waals surface area contributed by atoms with E-state index >= 15 is 0 Å². The van der Waals surface area contributed by atoms with Crippen LogP contribution in [0.4, 0.5) is 0 Å². The summed E-state index contributed by atoms with van der Waals surface area (Å²) in [6, 6.07) is 18.9. The van der Waals surface area contributed by atoms with Crippen molar-refractivity contribution in [3.63, 3.8) is 0 Å². The van der Waals surface area contributed by atoms with Gasteiger partial charge in [0.2, 0.25) is 0 Å². The third-order valence-corrected chi connectivity index (χ3v) is 6.29. The zero-order valence-electron chi connectivity index (χ0n) is 21.6. The number of nitrogens with zero attached hydrogens (tertiary/aromatic N) is 1. The van der Waals surface area contributed by atoms with E-state index in [9.17, 15) is 14.7 Å². The van der Waals surface area contributed by atoms with Crippen LogP contribution in [-0.4, -0.2) is 42.0 Å². The van der Waals surface area contributed by atoms with Gasteiger partial charge >= 0.3 is 0 Å². The molecule has 1 aliphatic rings. The van der Waals surface area contributed by atoms with Gasteiger partial charge in [-0.2, -0.15) is 0 Å². The smallest absolute Gasteiger partial charge is 0.295 e. The Morgan fingerprint density at radius 3 is 2.14 bits per heavy atom. The number of carbonyl (C=O) groups excluding carboxylic acids is 2. The van der Waals surface area contributed by atoms with E-state index in [1.807, 2.05) is 45.0 Å². The van der Waals surface area contributed by atoms with Gasteiger partial charge in [-0.1, -0.05) is 24.3 Å². The van der Waals surface area contributed by atoms with E-state index in [2.05, 4.69) is 0 Å². The molecule has 3 aromatic carbocycles. The number of Topliss-reactive ketones (excluding diaryl/α,β-unsaturated/α-hetero) is 1. The van der Waals surface area contributed by atoms with Gasteiger partial charge in [-0.15, -0.1) is 0 Å². The van der Waals surface area contributed by atoms with E-state index in [0.717, 1.165) is 16.9 Å². The largest absolute Gasteiger partial charge is 0.507 e. The molecule has 0 spiro atoms. The van der Waals surface area contributed by atoms with Gasteiger partial charge in [-0.3, -0.25) is 9.59 Å². The highest BCUT2D eigenvalue weighted by molar-refractivity contribution is 6.46. The molecular formula is C30H31NO6. The maximum atomic E-state index is 13.3. The molecule has 37 heavy (non-hydrogen) atoms. The minimum Gasteiger partial charge on any atom is -0.507 e. The number of aliphatic hydroxyl groups excluding tert-OH is 1. The summed E-state index contributed by atoms with van der Waals surface area (Å²) < 4.78 is 16.3. The number of hydrogen-bond acceptors (Lipinski definition) is 6. The molecule has 1 N–H and O–H groups in total. The molecule has 0 radical (unpaired) electrons. The number of benzene rings is 3. The molecule has 0 bridgehead atoms. The summed E-state index contributed by atoms with van der Waals surface area (Å²) in [4.78, 5) is 28.1. The highest BCUT2D eigenvalue weighted by Crippen LogP contribution is 2.41. The van der Waals surface area contributed by atoms with Gasteiger partial charge in [0.05, 0.1) is 31.9 Å². The minimum absolute atomic E-state index is 0.0412. The summed E-state index contributed by atoms with van der Waals surface area (Å²) in [6.45, 7) is 5.93. The van der Waals surface area contributed by atoms with Crippen molar-refractivity contribution >= 4 is 17.4 Å². The lowest BCUT2D eigenvalue weighted by molar-refractivity contribution is -0.140. The fourth-order valence-electron chi connectivity index (χ4n) is 4.50. The standard InChI is InChI=1S/C30H31NO6/c1-18(2)37-24-11-6-20(7-12-24)17-31-27(21-8-13-23(35-4)14-9-21)26(29(33)30(31)34)28(32)22-10-15-25(36-5)19(3)16-22/h6-16,18,27,32H,17H2,1-5H3/b28-26-. The van der Waals surface area contributed by atoms with Crippen LogP contribution >= 0.6 is 0 Å². The molecular weight excluding hydrogens is 470 g/mol. The number of likely N-dealkylation sites (tertiary alicyclic amines) is 1. The quantitative estimate of drug-likeness (QED) is 0.252. The Bertz CT molecular complexity index is 1330. The van der Waals surface area contributed by atoms with Crippen LogP contribution in [0.25, 0.3) is 5.76 Å². The van der Waals surface area contributed by atoms with Gasteiger partial charge in [-0.05, 0) is 79.9 Å². The number of aryl methyl sites for hydroxylation is 1. The Morgan fingerprint density at radius 1 is 0.919 bits per heavy atom. The van der Waals surface area contributed by atoms with Crippen molar-refractivity contribution in [3.05, 3.63) is 94.6 Å². The van der Waals surface area contributed by atoms with E-state index in [1.54, 1.807) is 56.7 Å². The molecule has 1 fully saturated rings. The normalized spacial score (nSPS) is 16.8. The first-order chi connectivity index (χ1) is 17.7. The lowest BCUT2D eigenvalue weighted by Crippen LogP contribution is -2.29. The molecule has 1 unspecified atom stereocenters. The van der Waals surface area contributed by atoms with E-state index < -0.39 is 17.7 Å². The molecule has 1 heterocycles. The molecule has 1 saturated heterocycles. The van der Waals surface area contributed by atoms with E-state index in [0.29, 0.717) is 22.6 Å². The Morgan fingerprint density at radius 2 is 1.57 bits per heavy atom. The van der Waals surface area contributed by atoms with Crippen LogP contribution in [0, 0.1) is 6.92 Å². The monoisotopic (exact) mass is 501 g/mol. The summed E-state index contributed by atoms with van der Waals surface area (Å²) >= 11 is 0. The van der Waals surface area contributed by atoms with Gasteiger partial charge in [0, 0.05) is 12.1 Å². The summed E-state index contributed by atoms with van der Waals surface area (Å²) in [7, 11) is 3.14. The average Bonchev–Trinajstić information content (AvgIpc) is 3.14. The highest BCUT2D eigenvalue weighted by Gasteiger charge is 2.46. The Balaban J connectivity index is 1.78. The number of ether oxygens (including phenoxy) is 3. The van der Waals surface area contributed by atoms with Gasteiger partial charge < -0.3 is 24.2 Å². The van der Waals surface area contributed by atoms with Gasteiger partial charge in [0.25, 0.3) is 11.7 Å². The third kappa shape index (κ3) is 5.31. The number of carbonyl (C=O) groups is 2. The molecule has 7 nitrogen and oxygen atoms in total. The van der Waals surface area contributed by atoms with Crippen LogP contribution in [0.3, 0.4) is 0 Å². The second-order valence-electron chi connectivity index (χ2n) is 9.20. The van der Waals surface area contributed by atoms with Crippen molar-refractivity contribution in [1.82, 2.24) is 4.90 Å². The molecule has 3 aromatic rings. The lowest BCUT2D eigenvalue weighted by Gasteiger charge is -2.26. The van der Waals surface area contributed by atoms with Gasteiger partial charge in [0.1, 0.15) is 23.0 Å². The molecule has 7 heteroatoms. The number of methoxy groups -OCH3 is 2. The lowest BCUT2D eigenvalue weighted by atomic mass is 9.94.